The first-order chi connectivity index (χ1) is 7.14. The van der Waals surface area contributed by atoms with E-state index < -0.39 is 0 Å². The average Bonchev–Trinajstić information content (AvgIpc) is 2.78. The molecule has 88 valence electrons. The van der Waals surface area contributed by atoms with E-state index in [-0.39, 0.29) is 11.6 Å². The molecular weight excluding hydrogens is 190 g/mol. The summed E-state index contributed by atoms with van der Waals surface area (Å²) in [7, 11) is 2.10. The molecule has 1 atom stereocenters. The number of hydrogen-bond acceptors (Lipinski definition) is 2. The Morgan fingerprint density at radius 2 is 1.93 bits per heavy atom. The number of amides is 2. The lowest BCUT2D eigenvalue weighted by molar-refractivity contribution is 0.157. The molecule has 0 bridgehead atoms. The van der Waals surface area contributed by atoms with Gasteiger partial charge in [-0.3, -0.25) is 0 Å². The molecule has 1 unspecified atom stereocenters. The minimum absolute atomic E-state index is 0.0839. The highest BCUT2D eigenvalue weighted by molar-refractivity contribution is 5.73. The summed E-state index contributed by atoms with van der Waals surface area (Å²) in [5, 5.41) is 0. The lowest BCUT2D eigenvalue weighted by atomic mass is 9.95. The summed E-state index contributed by atoms with van der Waals surface area (Å²) < 4.78 is 0. The SMILES string of the molecule is CC.CN1CCC2(CCCN2C(N)=O)C1. The molecule has 2 amide bonds. The monoisotopic (exact) mass is 213 g/mol. The summed E-state index contributed by atoms with van der Waals surface area (Å²) in [6, 6.07) is -0.243. The maximum Gasteiger partial charge on any atom is 0.315 e. The molecule has 0 radical (unpaired) electrons. The van der Waals surface area contributed by atoms with Crippen molar-refractivity contribution in [3.8, 4) is 0 Å². The van der Waals surface area contributed by atoms with E-state index in [2.05, 4.69) is 11.9 Å². The van der Waals surface area contributed by atoms with Crippen LogP contribution in [0, 0.1) is 0 Å². The second-order valence-corrected chi connectivity index (χ2v) is 4.31. The highest BCUT2D eigenvalue weighted by Crippen LogP contribution is 2.36. The van der Waals surface area contributed by atoms with Crippen molar-refractivity contribution in [1.82, 2.24) is 9.80 Å². The van der Waals surface area contributed by atoms with Crippen molar-refractivity contribution in [2.75, 3.05) is 26.7 Å². The largest absolute Gasteiger partial charge is 0.351 e. The highest BCUT2D eigenvalue weighted by Gasteiger charge is 2.46. The Morgan fingerprint density at radius 1 is 1.27 bits per heavy atom. The van der Waals surface area contributed by atoms with Gasteiger partial charge in [-0.15, -0.1) is 0 Å². The minimum atomic E-state index is -0.243. The summed E-state index contributed by atoms with van der Waals surface area (Å²) in [6.45, 7) is 6.93. The van der Waals surface area contributed by atoms with Crippen LogP contribution in [-0.2, 0) is 0 Å². The molecule has 2 fully saturated rings. The molecule has 0 aromatic rings. The molecule has 0 aliphatic carbocycles. The zero-order valence-corrected chi connectivity index (χ0v) is 10.1. The average molecular weight is 213 g/mol. The van der Waals surface area contributed by atoms with Gasteiger partial charge in [-0.1, -0.05) is 13.8 Å². The summed E-state index contributed by atoms with van der Waals surface area (Å²) in [6.07, 6.45) is 3.32. The van der Waals surface area contributed by atoms with Gasteiger partial charge in [0.25, 0.3) is 0 Å². The van der Waals surface area contributed by atoms with Crippen molar-refractivity contribution in [3.63, 3.8) is 0 Å². The Bertz CT molecular complexity index is 232. The van der Waals surface area contributed by atoms with Gasteiger partial charge in [0.2, 0.25) is 0 Å². The fourth-order valence-electron chi connectivity index (χ4n) is 2.77. The van der Waals surface area contributed by atoms with Gasteiger partial charge >= 0.3 is 6.03 Å². The van der Waals surface area contributed by atoms with Crippen LogP contribution in [0.4, 0.5) is 4.79 Å². The quantitative estimate of drug-likeness (QED) is 0.658. The van der Waals surface area contributed by atoms with E-state index in [0.717, 1.165) is 38.9 Å². The maximum atomic E-state index is 11.2. The highest BCUT2D eigenvalue weighted by atomic mass is 16.2. The van der Waals surface area contributed by atoms with E-state index in [1.807, 2.05) is 18.7 Å². The van der Waals surface area contributed by atoms with Crippen molar-refractivity contribution in [1.29, 1.82) is 0 Å². The number of likely N-dealkylation sites (tertiary alicyclic amines) is 2. The molecule has 2 heterocycles. The lowest BCUT2D eigenvalue weighted by Gasteiger charge is -2.33. The van der Waals surface area contributed by atoms with Gasteiger partial charge in [0.15, 0.2) is 0 Å². The van der Waals surface area contributed by atoms with Crippen LogP contribution in [0.5, 0.6) is 0 Å². The van der Waals surface area contributed by atoms with Crippen molar-refractivity contribution < 1.29 is 4.79 Å². The van der Waals surface area contributed by atoms with Crippen LogP contribution in [0.25, 0.3) is 0 Å². The van der Waals surface area contributed by atoms with Crippen molar-refractivity contribution in [3.05, 3.63) is 0 Å². The number of rotatable bonds is 0. The van der Waals surface area contributed by atoms with Gasteiger partial charge in [-0.05, 0) is 26.3 Å². The Morgan fingerprint density at radius 3 is 2.40 bits per heavy atom. The van der Waals surface area contributed by atoms with Crippen molar-refractivity contribution in [2.45, 2.75) is 38.6 Å². The number of nitrogens with two attached hydrogens (primary N) is 1. The van der Waals surface area contributed by atoms with Crippen molar-refractivity contribution >= 4 is 6.03 Å². The summed E-state index contributed by atoms with van der Waals surface area (Å²) in [4.78, 5) is 15.3. The van der Waals surface area contributed by atoms with E-state index in [1.165, 1.54) is 0 Å². The van der Waals surface area contributed by atoms with Gasteiger partial charge in [0.1, 0.15) is 0 Å². The third-order valence-electron chi connectivity index (χ3n) is 3.39. The Hall–Kier alpha value is -0.770. The van der Waals surface area contributed by atoms with Crippen molar-refractivity contribution in [2.24, 2.45) is 5.73 Å². The van der Waals surface area contributed by atoms with Crippen LogP contribution >= 0.6 is 0 Å². The van der Waals surface area contributed by atoms with Crippen LogP contribution in [0.3, 0.4) is 0 Å². The van der Waals surface area contributed by atoms with Crippen LogP contribution in [0.1, 0.15) is 33.1 Å². The van der Waals surface area contributed by atoms with Gasteiger partial charge in [0.05, 0.1) is 5.54 Å². The molecule has 2 aliphatic rings. The summed E-state index contributed by atoms with van der Waals surface area (Å²) >= 11 is 0. The van der Waals surface area contributed by atoms with E-state index in [9.17, 15) is 4.79 Å². The molecule has 2 rings (SSSR count). The number of primary amides is 1. The van der Waals surface area contributed by atoms with Gasteiger partial charge in [0, 0.05) is 19.6 Å². The topological polar surface area (TPSA) is 49.6 Å². The predicted molar refractivity (Wildman–Crippen MR) is 61.7 cm³/mol. The summed E-state index contributed by atoms with van der Waals surface area (Å²) in [5.41, 5.74) is 5.45. The third-order valence-corrected chi connectivity index (χ3v) is 3.39. The molecule has 4 heteroatoms. The zero-order chi connectivity index (χ0) is 11.5. The molecule has 0 saturated carbocycles. The van der Waals surface area contributed by atoms with Crippen LogP contribution in [-0.4, -0.2) is 48.1 Å². The van der Waals surface area contributed by atoms with Crippen LogP contribution in [0.2, 0.25) is 0 Å². The number of urea groups is 1. The first-order valence-electron chi connectivity index (χ1n) is 5.90. The normalized spacial score (nSPS) is 30.5. The van der Waals surface area contributed by atoms with Crippen LogP contribution in [0.15, 0.2) is 0 Å². The lowest BCUT2D eigenvalue weighted by Crippen LogP contribution is -2.51. The number of likely N-dealkylation sites (N-methyl/N-ethyl adjacent to an activating group) is 1. The Labute approximate surface area is 92.4 Å². The third kappa shape index (κ3) is 2.25. The molecular formula is C11H23N3O. The first kappa shape index (κ1) is 12.3. The molecule has 1 spiro atoms. The van der Waals surface area contributed by atoms with Gasteiger partial charge < -0.3 is 15.5 Å². The van der Waals surface area contributed by atoms with Gasteiger partial charge in [-0.25, -0.2) is 4.79 Å². The molecule has 2 saturated heterocycles. The molecule has 15 heavy (non-hydrogen) atoms. The molecule has 0 aromatic carbocycles. The Balaban J connectivity index is 0.000000531. The van der Waals surface area contributed by atoms with E-state index >= 15 is 0 Å². The summed E-state index contributed by atoms with van der Waals surface area (Å²) in [5.74, 6) is 0. The van der Waals surface area contributed by atoms with Crippen LogP contribution < -0.4 is 5.73 Å². The smallest absolute Gasteiger partial charge is 0.315 e. The number of carbonyl (C=O) groups excluding carboxylic acids is 1. The zero-order valence-electron chi connectivity index (χ0n) is 10.1. The standard InChI is InChI=1S/C9H17N3O.C2H6/c1-11-6-4-9(7-11)3-2-5-12(9)8(10)13;1-2/h2-7H2,1H3,(H2,10,13);1-2H3. The molecule has 4 nitrogen and oxygen atoms in total. The fraction of sp³-hybridized carbons (Fsp3) is 0.909. The second-order valence-electron chi connectivity index (χ2n) is 4.31. The Kier molecular flexibility index (Phi) is 3.97. The predicted octanol–water partition coefficient (Wildman–Crippen LogP) is 1.26. The van der Waals surface area contributed by atoms with E-state index in [1.54, 1.807) is 0 Å². The molecule has 0 aromatic heterocycles. The number of carbonyl (C=O) groups is 1. The number of nitrogens with zero attached hydrogens (tertiary/aromatic N) is 2. The second kappa shape index (κ2) is 4.84. The first-order valence-corrected chi connectivity index (χ1v) is 5.90. The minimum Gasteiger partial charge on any atom is -0.351 e. The van der Waals surface area contributed by atoms with Gasteiger partial charge in [-0.2, -0.15) is 0 Å². The fourth-order valence-corrected chi connectivity index (χ4v) is 2.77. The number of hydrogen-bond donors (Lipinski definition) is 1. The molecule has 2 aliphatic heterocycles. The van der Waals surface area contributed by atoms with E-state index in [4.69, 9.17) is 5.73 Å². The van der Waals surface area contributed by atoms with E-state index in [0.29, 0.717) is 0 Å². The maximum absolute atomic E-state index is 11.2. The molecule has 2 N–H and O–H groups in total.